The number of ether oxygens (including phenoxy) is 1. The second kappa shape index (κ2) is 6.91. The Morgan fingerprint density at radius 1 is 1.47 bits per heavy atom. The van der Waals surface area contributed by atoms with Crippen molar-refractivity contribution < 1.29 is 9.53 Å². The highest BCUT2D eigenvalue weighted by Crippen LogP contribution is 2.11. The fourth-order valence-corrected chi connectivity index (χ4v) is 1.59. The van der Waals surface area contributed by atoms with Crippen molar-refractivity contribution in [2.24, 2.45) is 0 Å². The Hall–Kier alpha value is -1.55. The van der Waals surface area contributed by atoms with Crippen LogP contribution in [0.5, 0.6) is 0 Å². The molecule has 1 rings (SSSR count). The van der Waals surface area contributed by atoms with E-state index in [0.29, 0.717) is 18.7 Å². The molecule has 0 fully saturated rings. The molecule has 1 aromatic carbocycles. The van der Waals surface area contributed by atoms with Gasteiger partial charge in [-0.2, -0.15) is 0 Å². The normalized spacial score (nSPS) is 11.9. The number of nitrogens with one attached hydrogen (secondary N) is 2. The van der Waals surface area contributed by atoms with E-state index in [1.54, 1.807) is 13.2 Å². The van der Waals surface area contributed by atoms with Gasteiger partial charge in [0.2, 0.25) is 0 Å². The van der Waals surface area contributed by atoms with E-state index in [1.807, 2.05) is 32.0 Å². The van der Waals surface area contributed by atoms with Crippen molar-refractivity contribution in [3.05, 3.63) is 29.8 Å². The summed E-state index contributed by atoms with van der Waals surface area (Å²) in [4.78, 5) is 11.6. The van der Waals surface area contributed by atoms with Crippen LogP contribution in [-0.4, -0.2) is 32.2 Å². The minimum absolute atomic E-state index is 0.0458. The molecule has 1 unspecified atom stereocenters. The first kappa shape index (κ1) is 13.5. The number of carbonyl (C=O) groups is 1. The Bertz CT molecular complexity index is 366. The van der Waals surface area contributed by atoms with Crippen molar-refractivity contribution in [1.82, 2.24) is 5.32 Å². The molecule has 1 aromatic rings. The number of amides is 1. The van der Waals surface area contributed by atoms with Crippen LogP contribution in [0.15, 0.2) is 24.3 Å². The van der Waals surface area contributed by atoms with Gasteiger partial charge in [-0.15, -0.1) is 0 Å². The third kappa shape index (κ3) is 4.44. The van der Waals surface area contributed by atoms with Crippen LogP contribution in [0.2, 0.25) is 0 Å². The standard InChI is InChI=1S/C13H20N2O2/c1-4-14-13(16)11-6-5-7-12(8-11)15-10(2)9-17-3/h5-8,10,15H,4,9H2,1-3H3,(H,14,16). The summed E-state index contributed by atoms with van der Waals surface area (Å²) in [5, 5.41) is 6.05. The molecule has 0 saturated heterocycles. The van der Waals surface area contributed by atoms with Gasteiger partial charge in [0, 0.05) is 30.9 Å². The second-order valence-corrected chi connectivity index (χ2v) is 3.94. The van der Waals surface area contributed by atoms with Crippen molar-refractivity contribution in [1.29, 1.82) is 0 Å². The summed E-state index contributed by atoms with van der Waals surface area (Å²) in [6.45, 7) is 5.20. The average Bonchev–Trinajstić information content (AvgIpc) is 2.30. The van der Waals surface area contributed by atoms with Crippen molar-refractivity contribution in [2.75, 3.05) is 25.6 Å². The van der Waals surface area contributed by atoms with Crippen LogP contribution in [0.1, 0.15) is 24.2 Å². The Labute approximate surface area is 102 Å². The van der Waals surface area contributed by atoms with Gasteiger partial charge >= 0.3 is 0 Å². The van der Waals surface area contributed by atoms with E-state index in [-0.39, 0.29) is 11.9 Å². The average molecular weight is 236 g/mol. The maximum absolute atomic E-state index is 11.6. The van der Waals surface area contributed by atoms with Crippen LogP contribution in [0.4, 0.5) is 5.69 Å². The largest absolute Gasteiger partial charge is 0.383 e. The molecular weight excluding hydrogens is 216 g/mol. The molecule has 4 nitrogen and oxygen atoms in total. The smallest absolute Gasteiger partial charge is 0.251 e. The molecule has 0 aliphatic rings. The highest BCUT2D eigenvalue weighted by Gasteiger charge is 2.06. The molecule has 4 heteroatoms. The highest BCUT2D eigenvalue weighted by molar-refractivity contribution is 5.95. The van der Waals surface area contributed by atoms with Crippen LogP contribution >= 0.6 is 0 Å². The predicted molar refractivity (Wildman–Crippen MR) is 69.4 cm³/mol. The van der Waals surface area contributed by atoms with Crippen LogP contribution in [0, 0.1) is 0 Å². The molecule has 2 N–H and O–H groups in total. The Morgan fingerprint density at radius 3 is 2.88 bits per heavy atom. The third-order valence-electron chi connectivity index (χ3n) is 2.29. The number of hydrogen-bond donors (Lipinski definition) is 2. The lowest BCUT2D eigenvalue weighted by Crippen LogP contribution is -2.23. The lowest BCUT2D eigenvalue weighted by molar-refractivity contribution is 0.0956. The molecule has 1 amide bonds. The molecule has 0 aliphatic carbocycles. The summed E-state index contributed by atoms with van der Waals surface area (Å²) in [7, 11) is 1.67. The van der Waals surface area contributed by atoms with Gasteiger partial charge in [-0.3, -0.25) is 4.79 Å². The van der Waals surface area contributed by atoms with E-state index in [1.165, 1.54) is 0 Å². The zero-order valence-corrected chi connectivity index (χ0v) is 10.6. The van der Waals surface area contributed by atoms with E-state index < -0.39 is 0 Å². The van der Waals surface area contributed by atoms with Crippen LogP contribution in [0.3, 0.4) is 0 Å². The van der Waals surface area contributed by atoms with Gasteiger partial charge in [-0.1, -0.05) is 6.07 Å². The zero-order valence-electron chi connectivity index (χ0n) is 10.6. The molecule has 0 spiro atoms. The molecule has 1 atom stereocenters. The first-order valence-corrected chi connectivity index (χ1v) is 5.81. The number of rotatable bonds is 6. The van der Waals surface area contributed by atoms with E-state index in [9.17, 15) is 4.79 Å². The van der Waals surface area contributed by atoms with Crippen LogP contribution in [0.25, 0.3) is 0 Å². The SMILES string of the molecule is CCNC(=O)c1cccc(NC(C)COC)c1. The van der Waals surface area contributed by atoms with Crippen molar-refractivity contribution in [3.8, 4) is 0 Å². The van der Waals surface area contributed by atoms with Gasteiger partial charge in [0.15, 0.2) is 0 Å². The number of anilines is 1. The van der Waals surface area contributed by atoms with Crippen LogP contribution < -0.4 is 10.6 Å². The highest BCUT2D eigenvalue weighted by atomic mass is 16.5. The molecule has 0 aliphatic heterocycles. The van der Waals surface area contributed by atoms with E-state index in [0.717, 1.165) is 5.69 Å². The number of carbonyl (C=O) groups excluding carboxylic acids is 1. The summed E-state index contributed by atoms with van der Waals surface area (Å²) >= 11 is 0. The number of methoxy groups -OCH3 is 1. The van der Waals surface area contributed by atoms with E-state index in [2.05, 4.69) is 10.6 Å². The summed E-state index contributed by atoms with van der Waals surface area (Å²) in [5.74, 6) is -0.0458. The Kier molecular flexibility index (Phi) is 5.49. The van der Waals surface area contributed by atoms with E-state index >= 15 is 0 Å². The van der Waals surface area contributed by atoms with Gasteiger partial charge in [-0.25, -0.2) is 0 Å². The topological polar surface area (TPSA) is 50.4 Å². The zero-order chi connectivity index (χ0) is 12.7. The number of hydrogen-bond acceptors (Lipinski definition) is 3. The van der Waals surface area contributed by atoms with Crippen molar-refractivity contribution in [2.45, 2.75) is 19.9 Å². The number of benzene rings is 1. The monoisotopic (exact) mass is 236 g/mol. The summed E-state index contributed by atoms with van der Waals surface area (Å²) < 4.78 is 5.05. The molecule has 0 aromatic heterocycles. The molecule has 0 bridgehead atoms. The Balaban J connectivity index is 2.68. The van der Waals surface area contributed by atoms with Gasteiger partial charge in [-0.05, 0) is 32.0 Å². The van der Waals surface area contributed by atoms with Crippen molar-refractivity contribution in [3.63, 3.8) is 0 Å². The summed E-state index contributed by atoms with van der Waals surface area (Å²) in [6, 6.07) is 7.67. The molecule has 17 heavy (non-hydrogen) atoms. The predicted octanol–water partition coefficient (Wildman–Crippen LogP) is 1.88. The first-order chi connectivity index (χ1) is 8.17. The second-order valence-electron chi connectivity index (χ2n) is 3.94. The van der Waals surface area contributed by atoms with Gasteiger partial charge < -0.3 is 15.4 Å². The minimum Gasteiger partial charge on any atom is -0.383 e. The van der Waals surface area contributed by atoms with Crippen molar-refractivity contribution >= 4 is 11.6 Å². The first-order valence-electron chi connectivity index (χ1n) is 5.81. The lowest BCUT2D eigenvalue weighted by Gasteiger charge is -2.14. The molecule has 94 valence electrons. The molecule has 0 saturated carbocycles. The molecule has 0 heterocycles. The summed E-state index contributed by atoms with van der Waals surface area (Å²) in [5.41, 5.74) is 1.60. The maximum Gasteiger partial charge on any atom is 0.251 e. The maximum atomic E-state index is 11.6. The van der Waals surface area contributed by atoms with Gasteiger partial charge in [0.25, 0.3) is 5.91 Å². The quantitative estimate of drug-likeness (QED) is 0.793. The van der Waals surface area contributed by atoms with Gasteiger partial charge in [0.05, 0.1) is 6.61 Å². The lowest BCUT2D eigenvalue weighted by atomic mass is 10.1. The third-order valence-corrected chi connectivity index (χ3v) is 2.29. The molecule has 0 radical (unpaired) electrons. The fraction of sp³-hybridized carbons (Fsp3) is 0.462. The van der Waals surface area contributed by atoms with Crippen LogP contribution in [-0.2, 0) is 4.74 Å². The van der Waals surface area contributed by atoms with Gasteiger partial charge in [0.1, 0.15) is 0 Å². The minimum atomic E-state index is -0.0458. The Morgan fingerprint density at radius 2 is 2.24 bits per heavy atom. The summed E-state index contributed by atoms with van der Waals surface area (Å²) in [6.07, 6.45) is 0. The van der Waals surface area contributed by atoms with E-state index in [4.69, 9.17) is 4.74 Å². The fourth-order valence-electron chi connectivity index (χ4n) is 1.59. The molecular formula is C13H20N2O2.